The largest absolute Gasteiger partial charge is 0.324 e. The molecule has 0 aromatic carbocycles. The van der Waals surface area contributed by atoms with Crippen molar-refractivity contribution in [2.45, 2.75) is 25.9 Å². The van der Waals surface area contributed by atoms with Crippen LogP contribution in [-0.2, 0) is 13.0 Å². The summed E-state index contributed by atoms with van der Waals surface area (Å²) in [6.07, 6.45) is 0.990. The molecule has 18 heavy (non-hydrogen) atoms. The molecule has 0 aliphatic heterocycles. The van der Waals surface area contributed by atoms with Crippen molar-refractivity contribution in [2.24, 2.45) is 0 Å². The van der Waals surface area contributed by atoms with Crippen LogP contribution in [0.25, 0.3) is 0 Å². The van der Waals surface area contributed by atoms with Gasteiger partial charge < -0.3 is 5.32 Å². The lowest BCUT2D eigenvalue weighted by Gasteiger charge is -2.11. The summed E-state index contributed by atoms with van der Waals surface area (Å²) in [6, 6.07) is 6.17. The van der Waals surface area contributed by atoms with Gasteiger partial charge in [0.1, 0.15) is 0 Å². The van der Waals surface area contributed by atoms with Crippen molar-refractivity contribution in [2.75, 3.05) is 0 Å². The fourth-order valence-electron chi connectivity index (χ4n) is 1.65. The third-order valence-electron chi connectivity index (χ3n) is 2.56. The Bertz CT molecular complexity index is 508. The van der Waals surface area contributed by atoms with E-state index in [2.05, 4.69) is 29.8 Å². The van der Waals surface area contributed by atoms with Gasteiger partial charge in [0, 0.05) is 28.9 Å². The van der Waals surface area contributed by atoms with Gasteiger partial charge in [0.25, 0.3) is 0 Å². The van der Waals surface area contributed by atoms with Crippen LogP contribution in [0.1, 0.15) is 17.4 Å². The summed E-state index contributed by atoms with van der Waals surface area (Å²) < 4.78 is 0. The van der Waals surface area contributed by atoms with Gasteiger partial charge in [-0.2, -0.15) is 0 Å². The quantitative estimate of drug-likeness (QED) is 0.652. The van der Waals surface area contributed by atoms with Crippen LogP contribution in [0, 0.1) is 10.1 Å². The summed E-state index contributed by atoms with van der Waals surface area (Å²) in [5, 5.41) is 18.1. The smallest absolute Gasteiger partial charge is 0.310 e. The molecule has 0 aliphatic rings. The summed E-state index contributed by atoms with van der Waals surface area (Å²) in [7, 11) is 0. The maximum Gasteiger partial charge on any atom is 0.324 e. The summed E-state index contributed by atoms with van der Waals surface area (Å²) in [5.74, 6) is 0. The van der Waals surface area contributed by atoms with Gasteiger partial charge in [-0.1, -0.05) is 17.4 Å². The summed E-state index contributed by atoms with van der Waals surface area (Å²) in [6.45, 7) is 2.80. The maximum absolute atomic E-state index is 10.6. The van der Waals surface area contributed by atoms with Gasteiger partial charge in [0.2, 0.25) is 0 Å². The van der Waals surface area contributed by atoms with E-state index in [9.17, 15) is 10.1 Å². The number of rotatable bonds is 6. The molecule has 0 radical (unpaired) electrons. The van der Waals surface area contributed by atoms with Crippen molar-refractivity contribution in [3.05, 3.63) is 49.5 Å². The molecule has 0 saturated carbocycles. The van der Waals surface area contributed by atoms with Crippen LogP contribution in [0.15, 0.2) is 29.0 Å². The van der Waals surface area contributed by atoms with Crippen LogP contribution in [0.2, 0.25) is 0 Å². The van der Waals surface area contributed by atoms with Crippen molar-refractivity contribution in [3.63, 3.8) is 0 Å². The van der Waals surface area contributed by atoms with Gasteiger partial charge in [-0.05, 0) is 30.4 Å². The molecular formula is C12H14N2O2S2. The van der Waals surface area contributed by atoms with Gasteiger partial charge in [0.15, 0.2) is 0 Å². The molecule has 1 unspecified atom stereocenters. The van der Waals surface area contributed by atoms with Crippen molar-refractivity contribution in [1.82, 2.24) is 5.32 Å². The maximum atomic E-state index is 10.6. The molecule has 1 atom stereocenters. The Balaban J connectivity index is 1.81. The van der Waals surface area contributed by atoms with E-state index < -0.39 is 0 Å². The molecule has 0 amide bonds. The Hall–Kier alpha value is -1.24. The lowest BCUT2D eigenvalue weighted by molar-refractivity contribution is -0.380. The first-order valence-corrected chi connectivity index (χ1v) is 7.38. The fraction of sp³-hybridized carbons (Fsp3) is 0.333. The monoisotopic (exact) mass is 282 g/mol. The molecule has 0 bridgehead atoms. The number of nitrogens with zero attached hydrogens (tertiary/aromatic N) is 1. The molecule has 0 spiro atoms. The zero-order chi connectivity index (χ0) is 13.0. The summed E-state index contributed by atoms with van der Waals surface area (Å²) in [4.78, 5) is 11.6. The second kappa shape index (κ2) is 6.08. The van der Waals surface area contributed by atoms with Crippen LogP contribution in [-0.4, -0.2) is 11.0 Å². The van der Waals surface area contributed by atoms with E-state index in [1.165, 1.54) is 16.2 Å². The third kappa shape index (κ3) is 3.63. The average molecular weight is 282 g/mol. The van der Waals surface area contributed by atoms with Gasteiger partial charge in [-0.25, -0.2) is 0 Å². The Morgan fingerprint density at radius 3 is 2.94 bits per heavy atom. The topological polar surface area (TPSA) is 55.2 Å². The lowest BCUT2D eigenvalue weighted by atomic mass is 10.2. The van der Waals surface area contributed by atoms with Crippen molar-refractivity contribution < 1.29 is 4.92 Å². The molecule has 4 nitrogen and oxygen atoms in total. The number of thiophene rings is 2. The second-order valence-corrected chi connectivity index (χ2v) is 6.04. The minimum Gasteiger partial charge on any atom is -0.310 e. The molecular weight excluding hydrogens is 268 g/mol. The predicted molar refractivity (Wildman–Crippen MR) is 75.3 cm³/mol. The number of hydrogen-bond donors (Lipinski definition) is 1. The standard InChI is InChI=1S/C12H14N2O2S2/c1-9(5-11-3-2-4-17-11)13-7-10-6-12(14(15)16)18-8-10/h2-4,6,8-9,13H,5,7H2,1H3. The average Bonchev–Trinajstić information content (AvgIpc) is 2.96. The SMILES string of the molecule is CC(Cc1cccs1)NCc1csc([N+](=O)[O-])c1. The van der Waals surface area contributed by atoms with Gasteiger partial charge in [0.05, 0.1) is 4.92 Å². The Morgan fingerprint density at radius 2 is 2.33 bits per heavy atom. The zero-order valence-corrected chi connectivity index (χ0v) is 11.6. The first-order chi connectivity index (χ1) is 8.65. The molecule has 1 N–H and O–H groups in total. The summed E-state index contributed by atoms with van der Waals surface area (Å²) in [5.41, 5.74) is 0.977. The molecule has 0 aliphatic carbocycles. The van der Waals surface area contributed by atoms with E-state index in [0.29, 0.717) is 12.6 Å². The Kier molecular flexibility index (Phi) is 4.46. The number of nitrogens with one attached hydrogen (secondary N) is 1. The fourth-order valence-corrected chi connectivity index (χ4v) is 3.21. The normalized spacial score (nSPS) is 12.5. The second-order valence-electron chi connectivity index (χ2n) is 4.12. The van der Waals surface area contributed by atoms with E-state index in [1.54, 1.807) is 17.4 Å². The van der Waals surface area contributed by atoms with E-state index in [0.717, 1.165) is 12.0 Å². The highest BCUT2D eigenvalue weighted by Gasteiger charge is 2.10. The number of hydrogen-bond acceptors (Lipinski definition) is 5. The first kappa shape index (κ1) is 13.2. The Labute approximate surface area is 113 Å². The highest BCUT2D eigenvalue weighted by molar-refractivity contribution is 7.13. The van der Waals surface area contributed by atoms with Gasteiger partial charge in [-0.15, -0.1) is 11.3 Å². The lowest BCUT2D eigenvalue weighted by Crippen LogP contribution is -2.26. The highest BCUT2D eigenvalue weighted by atomic mass is 32.1. The molecule has 2 rings (SSSR count). The van der Waals surface area contributed by atoms with Gasteiger partial charge >= 0.3 is 5.00 Å². The summed E-state index contributed by atoms with van der Waals surface area (Å²) >= 11 is 2.93. The van der Waals surface area contributed by atoms with E-state index >= 15 is 0 Å². The van der Waals surface area contributed by atoms with E-state index in [4.69, 9.17) is 0 Å². The predicted octanol–water partition coefficient (Wildman–Crippen LogP) is 3.44. The minimum absolute atomic E-state index is 0.206. The third-order valence-corrected chi connectivity index (χ3v) is 4.39. The van der Waals surface area contributed by atoms with Crippen LogP contribution in [0.4, 0.5) is 5.00 Å². The van der Waals surface area contributed by atoms with Crippen molar-refractivity contribution >= 4 is 27.7 Å². The molecule has 2 aromatic rings. The molecule has 2 heterocycles. The molecule has 0 saturated heterocycles. The van der Waals surface area contributed by atoms with Gasteiger partial charge in [-0.3, -0.25) is 10.1 Å². The van der Waals surface area contributed by atoms with Crippen molar-refractivity contribution in [1.29, 1.82) is 0 Å². The Morgan fingerprint density at radius 1 is 1.50 bits per heavy atom. The highest BCUT2D eigenvalue weighted by Crippen LogP contribution is 2.22. The van der Waals surface area contributed by atoms with Crippen LogP contribution in [0.5, 0.6) is 0 Å². The zero-order valence-electron chi connectivity index (χ0n) is 9.96. The van der Waals surface area contributed by atoms with E-state index in [-0.39, 0.29) is 9.92 Å². The van der Waals surface area contributed by atoms with Crippen LogP contribution >= 0.6 is 22.7 Å². The van der Waals surface area contributed by atoms with E-state index in [1.807, 2.05) is 5.38 Å². The molecule has 0 fully saturated rings. The van der Waals surface area contributed by atoms with Crippen LogP contribution in [0.3, 0.4) is 0 Å². The first-order valence-electron chi connectivity index (χ1n) is 5.62. The number of nitro groups is 1. The minimum atomic E-state index is -0.344. The molecule has 6 heteroatoms. The molecule has 96 valence electrons. The van der Waals surface area contributed by atoms with Crippen LogP contribution < -0.4 is 5.32 Å². The molecule has 2 aromatic heterocycles. The van der Waals surface area contributed by atoms with Crippen molar-refractivity contribution in [3.8, 4) is 0 Å².